The minimum atomic E-state index is -0.822. The van der Waals surface area contributed by atoms with E-state index in [4.69, 9.17) is 10.1 Å². The van der Waals surface area contributed by atoms with E-state index in [9.17, 15) is 9.59 Å². The third kappa shape index (κ3) is 5.92. The molecule has 2 rings (SSSR count). The summed E-state index contributed by atoms with van der Waals surface area (Å²) in [5.74, 6) is -1.25. The summed E-state index contributed by atoms with van der Waals surface area (Å²) < 4.78 is 0. The first-order valence-corrected chi connectivity index (χ1v) is 8.74. The van der Waals surface area contributed by atoms with Crippen LogP contribution in [-0.2, 0) is 29.0 Å². The maximum absolute atomic E-state index is 11.7. The number of nitrogens with zero attached hydrogens (tertiary/aromatic N) is 1. The molecule has 0 aliphatic carbocycles. The Bertz CT molecular complexity index is 575. The standard InChI is InChI=1S/C18H27N3O3/c1-13(18(23)24)8-11-20-17(22)5-3-2-4-15-7-6-14-12-19-10-9-16(14)21-15/h6-7,13,19H,2-5,8-12H2,1H3,(H,20,22)(H,23,24)/t13-/m1/s1. The van der Waals surface area contributed by atoms with Crippen LogP contribution in [0.15, 0.2) is 12.1 Å². The highest BCUT2D eigenvalue weighted by Gasteiger charge is 2.12. The van der Waals surface area contributed by atoms with Crippen molar-refractivity contribution in [3.05, 3.63) is 29.1 Å². The van der Waals surface area contributed by atoms with E-state index in [0.717, 1.165) is 44.5 Å². The van der Waals surface area contributed by atoms with Gasteiger partial charge in [0.25, 0.3) is 0 Å². The number of amides is 1. The molecule has 3 N–H and O–H groups in total. The van der Waals surface area contributed by atoms with E-state index in [-0.39, 0.29) is 5.91 Å². The molecule has 1 aromatic rings. The van der Waals surface area contributed by atoms with Crippen molar-refractivity contribution in [2.45, 2.75) is 52.0 Å². The fourth-order valence-electron chi connectivity index (χ4n) is 2.75. The minimum absolute atomic E-state index is 0.00272. The smallest absolute Gasteiger partial charge is 0.306 e. The number of carbonyl (C=O) groups excluding carboxylic acids is 1. The number of pyridine rings is 1. The molecule has 1 aliphatic rings. The molecule has 1 atom stereocenters. The molecule has 132 valence electrons. The van der Waals surface area contributed by atoms with Crippen LogP contribution < -0.4 is 10.6 Å². The first kappa shape index (κ1) is 18.4. The zero-order valence-corrected chi connectivity index (χ0v) is 14.3. The van der Waals surface area contributed by atoms with Gasteiger partial charge in [0, 0.05) is 43.9 Å². The molecule has 0 unspecified atom stereocenters. The Morgan fingerprint density at radius 2 is 2.21 bits per heavy atom. The quantitative estimate of drug-likeness (QED) is 0.598. The topological polar surface area (TPSA) is 91.3 Å². The third-order valence-electron chi connectivity index (χ3n) is 4.39. The number of carbonyl (C=O) groups is 2. The summed E-state index contributed by atoms with van der Waals surface area (Å²) in [4.78, 5) is 27.1. The second-order valence-electron chi connectivity index (χ2n) is 6.42. The highest BCUT2D eigenvalue weighted by Crippen LogP contribution is 2.13. The van der Waals surface area contributed by atoms with E-state index >= 15 is 0 Å². The average Bonchev–Trinajstić information content (AvgIpc) is 2.58. The Labute approximate surface area is 143 Å². The van der Waals surface area contributed by atoms with Crippen LogP contribution in [0.25, 0.3) is 0 Å². The Morgan fingerprint density at radius 3 is 3.00 bits per heavy atom. The van der Waals surface area contributed by atoms with Gasteiger partial charge in [0.2, 0.25) is 5.91 Å². The Morgan fingerprint density at radius 1 is 1.38 bits per heavy atom. The van der Waals surface area contributed by atoms with Gasteiger partial charge in [0.15, 0.2) is 0 Å². The van der Waals surface area contributed by atoms with Crippen LogP contribution >= 0.6 is 0 Å². The number of carboxylic acids is 1. The highest BCUT2D eigenvalue weighted by atomic mass is 16.4. The zero-order chi connectivity index (χ0) is 17.4. The van der Waals surface area contributed by atoms with Crippen molar-refractivity contribution in [1.29, 1.82) is 0 Å². The fraction of sp³-hybridized carbons (Fsp3) is 0.611. The molecule has 0 fully saturated rings. The zero-order valence-electron chi connectivity index (χ0n) is 14.3. The Balaban J connectivity index is 1.60. The molecule has 1 amide bonds. The summed E-state index contributed by atoms with van der Waals surface area (Å²) in [6, 6.07) is 4.24. The molecule has 1 aromatic heterocycles. The molecule has 0 spiro atoms. The van der Waals surface area contributed by atoms with E-state index in [0.29, 0.717) is 19.4 Å². The van der Waals surface area contributed by atoms with Crippen LogP contribution in [0.2, 0.25) is 0 Å². The minimum Gasteiger partial charge on any atom is -0.481 e. The molecule has 0 aromatic carbocycles. The van der Waals surface area contributed by atoms with Crippen molar-refractivity contribution in [2.24, 2.45) is 5.92 Å². The van der Waals surface area contributed by atoms with Crippen molar-refractivity contribution in [3.8, 4) is 0 Å². The van der Waals surface area contributed by atoms with Crippen LogP contribution in [0.4, 0.5) is 0 Å². The first-order valence-electron chi connectivity index (χ1n) is 8.74. The molecular formula is C18H27N3O3. The van der Waals surface area contributed by atoms with Crippen LogP contribution in [0.3, 0.4) is 0 Å². The van der Waals surface area contributed by atoms with Gasteiger partial charge in [-0.3, -0.25) is 14.6 Å². The summed E-state index contributed by atoms with van der Waals surface area (Å²) in [7, 11) is 0. The second kappa shape index (κ2) is 9.37. The molecule has 24 heavy (non-hydrogen) atoms. The van der Waals surface area contributed by atoms with Gasteiger partial charge in [-0.05, 0) is 37.3 Å². The monoisotopic (exact) mass is 333 g/mol. The van der Waals surface area contributed by atoms with Crippen LogP contribution in [0.1, 0.15) is 49.6 Å². The number of aliphatic carboxylic acids is 1. The summed E-state index contributed by atoms with van der Waals surface area (Å²) in [5.41, 5.74) is 3.60. The first-order chi connectivity index (χ1) is 11.6. The second-order valence-corrected chi connectivity index (χ2v) is 6.42. The fourth-order valence-corrected chi connectivity index (χ4v) is 2.75. The van der Waals surface area contributed by atoms with Crippen LogP contribution in [0.5, 0.6) is 0 Å². The van der Waals surface area contributed by atoms with Gasteiger partial charge >= 0.3 is 5.97 Å². The number of rotatable bonds is 9. The van der Waals surface area contributed by atoms with Crippen molar-refractivity contribution >= 4 is 11.9 Å². The lowest BCUT2D eigenvalue weighted by molar-refractivity contribution is -0.141. The van der Waals surface area contributed by atoms with Gasteiger partial charge in [-0.25, -0.2) is 0 Å². The third-order valence-corrected chi connectivity index (χ3v) is 4.39. The van der Waals surface area contributed by atoms with E-state index < -0.39 is 11.9 Å². The lowest BCUT2D eigenvalue weighted by Gasteiger charge is -2.16. The molecule has 6 nitrogen and oxygen atoms in total. The predicted molar refractivity (Wildman–Crippen MR) is 91.6 cm³/mol. The molecule has 0 saturated heterocycles. The van der Waals surface area contributed by atoms with Gasteiger partial charge in [-0.1, -0.05) is 13.0 Å². The average molecular weight is 333 g/mol. The lowest BCUT2D eigenvalue weighted by Crippen LogP contribution is -2.26. The van der Waals surface area contributed by atoms with Gasteiger partial charge in [0.1, 0.15) is 0 Å². The summed E-state index contributed by atoms with van der Waals surface area (Å²) in [6.07, 6.45) is 4.58. The molecule has 1 aliphatic heterocycles. The maximum atomic E-state index is 11.7. The Kier molecular flexibility index (Phi) is 7.18. The maximum Gasteiger partial charge on any atom is 0.306 e. The van der Waals surface area contributed by atoms with Crippen molar-refractivity contribution in [1.82, 2.24) is 15.6 Å². The predicted octanol–water partition coefficient (Wildman–Crippen LogP) is 1.67. The molecule has 0 radical (unpaired) electrons. The Hall–Kier alpha value is -1.95. The number of unbranched alkanes of at least 4 members (excludes halogenated alkanes) is 1. The van der Waals surface area contributed by atoms with Gasteiger partial charge in [-0.2, -0.15) is 0 Å². The summed E-state index contributed by atoms with van der Waals surface area (Å²) >= 11 is 0. The van der Waals surface area contributed by atoms with Crippen molar-refractivity contribution in [3.63, 3.8) is 0 Å². The van der Waals surface area contributed by atoms with E-state index in [1.54, 1.807) is 6.92 Å². The van der Waals surface area contributed by atoms with E-state index in [1.165, 1.54) is 11.3 Å². The number of aromatic nitrogens is 1. The van der Waals surface area contributed by atoms with Gasteiger partial charge in [0.05, 0.1) is 5.92 Å². The number of nitrogens with one attached hydrogen (secondary N) is 2. The number of carboxylic acid groups (broad SMARTS) is 1. The largest absolute Gasteiger partial charge is 0.481 e. The lowest BCUT2D eigenvalue weighted by atomic mass is 10.0. The van der Waals surface area contributed by atoms with Gasteiger partial charge in [-0.15, -0.1) is 0 Å². The molecule has 6 heteroatoms. The van der Waals surface area contributed by atoms with E-state index in [2.05, 4.69) is 22.8 Å². The van der Waals surface area contributed by atoms with Crippen molar-refractivity contribution < 1.29 is 14.7 Å². The molecular weight excluding hydrogens is 306 g/mol. The highest BCUT2D eigenvalue weighted by molar-refractivity contribution is 5.76. The van der Waals surface area contributed by atoms with Crippen LogP contribution in [-0.4, -0.2) is 35.1 Å². The normalized spacial score (nSPS) is 14.7. The summed E-state index contributed by atoms with van der Waals surface area (Å²) in [6.45, 7) is 3.97. The van der Waals surface area contributed by atoms with Crippen molar-refractivity contribution in [2.75, 3.05) is 13.1 Å². The molecule has 2 heterocycles. The number of hydrogen-bond acceptors (Lipinski definition) is 4. The summed E-state index contributed by atoms with van der Waals surface area (Å²) in [5, 5.41) is 14.9. The van der Waals surface area contributed by atoms with Crippen LogP contribution in [0, 0.1) is 5.92 Å². The van der Waals surface area contributed by atoms with Gasteiger partial charge < -0.3 is 15.7 Å². The molecule has 0 bridgehead atoms. The number of aryl methyl sites for hydroxylation is 1. The molecule has 0 saturated carbocycles. The SMILES string of the molecule is C[C@H](CCNC(=O)CCCCc1ccc2c(n1)CCNC2)C(=O)O. The van der Waals surface area contributed by atoms with E-state index in [1.807, 2.05) is 0 Å². The number of hydrogen-bond donors (Lipinski definition) is 3. The number of fused-ring (bicyclic) bond motifs is 1.